The van der Waals surface area contributed by atoms with Crippen molar-refractivity contribution in [3.63, 3.8) is 0 Å². The van der Waals surface area contributed by atoms with Crippen LogP contribution in [-0.4, -0.2) is 24.6 Å². The van der Waals surface area contributed by atoms with E-state index < -0.39 is 11.6 Å². The Morgan fingerprint density at radius 2 is 1.96 bits per heavy atom. The van der Waals surface area contributed by atoms with Gasteiger partial charge in [0.05, 0.1) is 24.5 Å². The van der Waals surface area contributed by atoms with Crippen molar-refractivity contribution in [2.24, 2.45) is 0 Å². The Morgan fingerprint density at radius 1 is 1.13 bits per heavy atom. The Morgan fingerprint density at radius 3 is 2.74 bits per heavy atom. The Bertz CT molecular complexity index is 1050. The Labute approximate surface area is 128 Å². The topological polar surface area (TPSA) is 63.2 Å². The minimum absolute atomic E-state index is 0.217. The summed E-state index contributed by atoms with van der Waals surface area (Å²) in [5, 5.41) is 20.6. The van der Waals surface area contributed by atoms with E-state index in [2.05, 4.69) is 4.98 Å². The van der Waals surface area contributed by atoms with Gasteiger partial charge in [0.15, 0.2) is 0 Å². The minimum Gasteiger partial charge on any atom is -0.491 e. The number of hydrogen-bond donors (Lipinski definition) is 2. The molecule has 0 saturated heterocycles. The molecule has 5 nitrogen and oxygen atoms in total. The molecule has 0 aliphatic carbocycles. The zero-order valence-electron chi connectivity index (χ0n) is 11.7. The molecule has 0 fully saturated rings. The van der Waals surface area contributed by atoms with E-state index in [0.29, 0.717) is 21.2 Å². The lowest BCUT2D eigenvalue weighted by Crippen LogP contribution is -2.01. The number of rotatable bonds is 2. The number of fused-ring (bicyclic) bond motifs is 3. The maximum absolute atomic E-state index is 13.8. The fraction of sp³-hybridized carbons (Fsp3) is 0.0625. The predicted molar refractivity (Wildman–Crippen MR) is 79.5 cm³/mol. The molecule has 3 heterocycles. The molecule has 116 valence electrons. The maximum Gasteiger partial charge on any atom is 0.251 e. The van der Waals surface area contributed by atoms with E-state index in [9.17, 15) is 19.1 Å². The average Bonchev–Trinajstić information content (AvgIpc) is 3.05. The highest BCUT2D eigenvalue weighted by Gasteiger charge is 2.14. The summed E-state index contributed by atoms with van der Waals surface area (Å²) < 4.78 is 29.2. The summed E-state index contributed by atoms with van der Waals surface area (Å²) >= 11 is 0. The van der Waals surface area contributed by atoms with Crippen LogP contribution in [0.2, 0.25) is 0 Å². The van der Waals surface area contributed by atoms with Crippen LogP contribution in [0.5, 0.6) is 5.88 Å². The minimum atomic E-state index is -0.619. The summed E-state index contributed by atoms with van der Waals surface area (Å²) in [6, 6.07) is 5.25. The summed E-state index contributed by atoms with van der Waals surface area (Å²) in [6.45, 7) is 0.217. The number of halogens is 2. The molecule has 0 amide bonds. The van der Waals surface area contributed by atoms with E-state index in [1.54, 1.807) is 23.0 Å². The quantitative estimate of drug-likeness (QED) is 0.558. The van der Waals surface area contributed by atoms with Crippen LogP contribution in [0.3, 0.4) is 0 Å². The molecule has 0 spiro atoms. The number of benzene rings is 1. The monoisotopic (exact) mass is 315 g/mol. The summed E-state index contributed by atoms with van der Waals surface area (Å²) in [6.07, 6.45) is 4.65. The Kier molecular flexibility index (Phi) is 2.77. The van der Waals surface area contributed by atoms with E-state index >= 15 is 0 Å². The van der Waals surface area contributed by atoms with Gasteiger partial charge in [-0.1, -0.05) is 6.07 Å². The summed E-state index contributed by atoms with van der Waals surface area (Å²) in [5.41, 5.74) is 1.35. The molecule has 0 radical (unpaired) electrons. The van der Waals surface area contributed by atoms with Gasteiger partial charge >= 0.3 is 0 Å². The second-order valence-electron chi connectivity index (χ2n) is 5.30. The summed E-state index contributed by atoms with van der Waals surface area (Å²) in [5.74, 6) is -1.56. The molecule has 2 N–H and O–H groups in total. The molecule has 0 bridgehead atoms. The number of aromatic hydroxyl groups is 1. The smallest absolute Gasteiger partial charge is 0.251 e. The van der Waals surface area contributed by atoms with Crippen LogP contribution in [0.4, 0.5) is 8.78 Å². The van der Waals surface area contributed by atoms with Crippen LogP contribution in [0.1, 0.15) is 5.56 Å². The van der Waals surface area contributed by atoms with Crippen molar-refractivity contribution in [2.75, 3.05) is 0 Å². The van der Waals surface area contributed by atoms with Gasteiger partial charge in [-0.15, -0.1) is 0 Å². The molecule has 3 aromatic heterocycles. The van der Waals surface area contributed by atoms with Crippen LogP contribution in [-0.2, 0) is 6.54 Å². The highest BCUT2D eigenvalue weighted by Crippen LogP contribution is 2.31. The second kappa shape index (κ2) is 4.70. The number of pyridine rings is 1. The molecule has 23 heavy (non-hydrogen) atoms. The van der Waals surface area contributed by atoms with Crippen molar-refractivity contribution in [1.82, 2.24) is 14.3 Å². The van der Waals surface area contributed by atoms with Crippen molar-refractivity contribution in [2.45, 2.75) is 6.54 Å². The highest BCUT2D eigenvalue weighted by atomic mass is 19.1. The normalized spacial score (nSPS) is 11.6. The highest BCUT2D eigenvalue weighted by molar-refractivity contribution is 6.06. The lowest BCUT2D eigenvalue weighted by atomic mass is 10.2. The van der Waals surface area contributed by atoms with E-state index in [4.69, 9.17) is 0 Å². The number of hydrogen-bond acceptors (Lipinski definition) is 3. The van der Waals surface area contributed by atoms with Crippen molar-refractivity contribution >= 4 is 21.8 Å². The van der Waals surface area contributed by atoms with Crippen LogP contribution in [0.25, 0.3) is 21.8 Å². The molecule has 0 aliphatic rings. The zero-order valence-corrected chi connectivity index (χ0v) is 11.7. The average molecular weight is 315 g/mol. The summed E-state index contributed by atoms with van der Waals surface area (Å²) in [7, 11) is 0. The third kappa shape index (κ3) is 2.01. The van der Waals surface area contributed by atoms with Crippen molar-refractivity contribution < 1.29 is 19.1 Å². The lowest BCUT2D eigenvalue weighted by Gasteiger charge is -2.07. The standard InChI is InChI=1S/C16H11F2N3O2/c17-10-2-1-9(13(18)5-10)7-20-4-3-11-12-8-21(23)16(22)15(12)19-6-14(11)20/h1-6,8,22-23H,7H2. The molecule has 0 atom stereocenters. The Hall–Kier alpha value is -3.09. The van der Waals surface area contributed by atoms with Gasteiger partial charge in [-0.2, -0.15) is 4.73 Å². The van der Waals surface area contributed by atoms with Crippen LogP contribution >= 0.6 is 0 Å². The fourth-order valence-corrected chi connectivity index (χ4v) is 2.75. The molecule has 4 rings (SSSR count). The zero-order chi connectivity index (χ0) is 16.1. The largest absolute Gasteiger partial charge is 0.491 e. The SMILES string of the molecule is Oc1c2ncc3c(ccn3Cc3ccc(F)cc3F)c2cn1O. The van der Waals surface area contributed by atoms with Gasteiger partial charge in [-0.25, -0.2) is 13.8 Å². The van der Waals surface area contributed by atoms with Crippen molar-refractivity contribution in [3.8, 4) is 5.88 Å². The first-order valence-corrected chi connectivity index (χ1v) is 6.85. The maximum atomic E-state index is 13.8. The number of nitrogens with zero attached hydrogens (tertiary/aromatic N) is 3. The number of aromatic nitrogens is 3. The van der Waals surface area contributed by atoms with Crippen molar-refractivity contribution in [1.29, 1.82) is 0 Å². The van der Waals surface area contributed by atoms with Gasteiger partial charge in [-0.3, -0.25) is 0 Å². The molecule has 7 heteroatoms. The summed E-state index contributed by atoms with van der Waals surface area (Å²) in [4.78, 5) is 4.14. The van der Waals surface area contributed by atoms with E-state index in [0.717, 1.165) is 11.5 Å². The fourth-order valence-electron chi connectivity index (χ4n) is 2.75. The second-order valence-corrected chi connectivity index (χ2v) is 5.30. The van der Waals surface area contributed by atoms with Gasteiger partial charge in [-0.05, 0) is 12.1 Å². The van der Waals surface area contributed by atoms with Crippen LogP contribution in [0, 0.1) is 11.6 Å². The predicted octanol–water partition coefficient (Wildman–Crippen LogP) is 3.26. The van der Waals surface area contributed by atoms with Crippen LogP contribution < -0.4 is 0 Å². The van der Waals surface area contributed by atoms with Crippen molar-refractivity contribution in [3.05, 3.63) is 60.1 Å². The molecule has 0 aliphatic heterocycles. The Balaban J connectivity index is 1.85. The third-order valence-electron chi connectivity index (χ3n) is 3.90. The molecular formula is C16H11F2N3O2. The first-order valence-electron chi connectivity index (χ1n) is 6.85. The van der Waals surface area contributed by atoms with E-state index in [1.807, 2.05) is 0 Å². The van der Waals surface area contributed by atoms with Gasteiger partial charge in [0.25, 0.3) is 5.88 Å². The molecule has 0 unspecified atom stereocenters. The molecule has 1 aromatic carbocycles. The van der Waals surface area contributed by atoms with Gasteiger partial charge in [0.1, 0.15) is 17.2 Å². The van der Waals surface area contributed by atoms with Gasteiger partial charge in [0.2, 0.25) is 0 Å². The van der Waals surface area contributed by atoms with E-state index in [1.165, 1.54) is 18.3 Å². The first-order chi connectivity index (χ1) is 11.0. The lowest BCUT2D eigenvalue weighted by molar-refractivity contribution is 0.158. The van der Waals surface area contributed by atoms with Crippen LogP contribution in [0.15, 0.2) is 42.9 Å². The van der Waals surface area contributed by atoms with E-state index in [-0.39, 0.29) is 17.9 Å². The molecule has 4 aromatic rings. The first kappa shape index (κ1) is 13.6. The third-order valence-corrected chi connectivity index (χ3v) is 3.90. The van der Waals surface area contributed by atoms with Gasteiger partial charge < -0.3 is 14.9 Å². The van der Waals surface area contributed by atoms with Gasteiger partial charge in [0, 0.05) is 28.6 Å². The molecular weight excluding hydrogens is 304 g/mol. The molecule has 0 saturated carbocycles.